The van der Waals surface area contributed by atoms with Crippen LogP contribution in [0.1, 0.15) is 15.4 Å². The molecule has 0 bridgehead atoms. The number of thiazole rings is 1. The highest BCUT2D eigenvalue weighted by Crippen LogP contribution is 2.33. The molecule has 2 rings (SSSR count). The van der Waals surface area contributed by atoms with Crippen LogP contribution in [0.15, 0.2) is 21.2 Å². The molecule has 2 heterocycles. The van der Waals surface area contributed by atoms with Crippen molar-refractivity contribution in [3.8, 4) is 10.7 Å². The minimum absolute atomic E-state index is 0.159. The number of rotatable bonds is 4. The number of carboxylic acid groups (broad SMARTS) is 1. The molecule has 0 aliphatic carbocycles. The van der Waals surface area contributed by atoms with Gasteiger partial charge in [0.2, 0.25) is 0 Å². The van der Waals surface area contributed by atoms with Crippen LogP contribution in [0.25, 0.3) is 10.7 Å². The van der Waals surface area contributed by atoms with Crippen LogP contribution in [-0.4, -0.2) is 28.2 Å². The Kier molecular flexibility index (Phi) is 4.67. The Hall–Kier alpha value is -0.830. The SMILES string of the molecule is COCc1nc(-c2ncc(Br)cc2Br)sc1C(=O)O. The van der Waals surface area contributed by atoms with E-state index in [2.05, 4.69) is 41.8 Å². The molecule has 100 valence electrons. The van der Waals surface area contributed by atoms with Crippen molar-refractivity contribution in [2.75, 3.05) is 7.11 Å². The average Bonchev–Trinajstić information content (AvgIpc) is 2.73. The summed E-state index contributed by atoms with van der Waals surface area (Å²) in [5, 5.41) is 9.69. The minimum atomic E-state index is -1.01. The van der Waals surface area contributed by atoms with Gasteiger partial charge in [-0.15, -0.1) is 11.3 Å². The Morgan fingerprint density at radius 2 is 2.26 bits per heavy atom. The minimum Gasteiger partial charge on any atom is -0.477 e. The summed E-state index contributed by atoms with van der Waals surface area (Å²) in [5.74, 6) is -1.01. The van der Waals surface area contributed by atoms with E-state index >= 15 is 0 Å². The fourth-order valence-electron chi connectivity index (χ4n) is 1.43. The van der Waals surface area contributed by atoms with Gasteiger partial charge in [0.05, 0.1) is 12.3 Å². The van der Waals surface area contributed by atoms with E-state index in [0.717, 1.165) is 20.3 Å². The molecule has 0 atom stereocenters. The number of ether oxygens (including phenoxy) is 1. The molecular weight excluding hydrogens is 400 g/mol. The summed E-state index contributed by atoms with van der Waals surface area (Å²) in [6.07, 6.45) is 1.64. The molecule has 19 heavy (non-hydrogen) atoms. The standard InChI is InChI=1S/C11H8Br2N2O3S/c1-18-4-7-9(11(16)17)19-10(15-7)8-6(13)2-5(12)3-14-8/h2-3H,4H2,1H3,(H,16,17). The van der Waals surface area contributed by atoms with Crippen LogP contribution in [0.3, 0.4) is 0 Å². The molecule has 1 N–H and O–H groups in total. The predicted molar refractivity (Wildman–Crippen MR) is 78.4 cm³/mol. The van der Waals surface area contributed by atoms with Gasteiger partial charge in [-0.05, 0) is 37.9 Å². The maximum Gasteiger partial charge on any atom is 0.347 e. The molecular formula is C11H8Br2N2O3S. The lowest BCUT2D eigenvalue weighted by Crippen LogP contribution is -1.99. The monoisotopic (exact) mass is 406 g/mol. The van der Waals surface area contributed by atoms with E-state index in [9.17, 15) is 4.79 Å². The van der Waals surface area contributed by atoms with Gasteiger partial charge in [0.1, 0.15) is 15.6 Å². The van der Waals surface area contributed by atoms with Gasteiger partial charge in [-0.2, -0.15) is 0 Å². The maximum atomic E-state index is 11.2. The molecule has 0 aliphatic rings. The van der Waals surface area contributed by atoms with Gasteiger partial charge in [-0.1, -0.05) is 0 Å². The van der Waals surface area contributed by atoms with Gasteiger partial charge in [0, 0.05) is 22.3 Å². The number of hydrogen-bond acceptors (Lipinski definition) is 5. The smallest absolute Gasteiger partial charge is 0.347 e. The van der Waals surface area contributed by atoms with Crippen molar-refractivity contribution in [2.45, 2.75) is 6.61 Å². The van der Waals surface area contributed by atoms with Gasteiger partial charge in [0.25, 0.3) is 0 Å². The Labute approximate surface area is 129 Å². The molecule has 0 amide bonds. The predicted octanol–water partition coefficient (Wildman–Crippen LogP) is 3.57. The second-order valence-electron chi connectivity index (χ2n) is 3.52. The number of nitrogens with zero attached hydrogens (tertiary/aromatic N) is 2. The third-order valence-corrected chi connectivity index (χ3v) is 4.31. The van der Waals surface area contributed by atoms with Crippen LogP contribution in [0.2, 0.25) is 0 Å². The number of aromatic carboxylic acids is 1. The summed E-state index contributed by atoms with van der Waals surface area (Å²) in [5.41, 5.74) is 1.02. The van der Waals surface area contributed by atoms with Crippen molar-refractivity contribution in [2.24, 2.45) is 0 Å². The summed E-state index contributed by atoms with van der Waals surface area (Å²) >= 11 is 7.78. The quantitative estimate of drug-likeness (QED) is 0.838. The molecule has 2 aromatic rings. The van der Waals surface area contributed by atoms with Crippen molar-refractivity contribution in [1.29, 1.82) is 0 Å². The second kappa shape index (κ2) is 6.08. The molecule has 0 saturated heterocycles. The van der Waals surface area contributed by atoms with Gasteiger partial charge in [-0.3, -0.25) is 4.98 Å². The van der Waals surface area contributed by atoms with Crippen molar-refractivity contribution < 1.29 is 14.6 Å². The van der Waals surface area contributed by atoms with E-state index in [1.54, 1.807) is 6.20 Å². The van der Waals surface area contributed by atoms with Crippen LogP contribution in [0.5, 0.6) is 0 Å². The summed E-state index contributed by atoms with van der Waals surface area (Å²) in [7, 11) is 1.50. The second-order valence-corrected chi connectivity index (χ2v) is 6.29. The molecule has 0 saturated carbocycles. The zero-order valence-electron chi connectivity index (χ0n) is 9.68. The topological polar surface area (TPSA) is 72.3 Å². The van der Waals surface area contributed by atoms with Crippen molar-refractivity contribution in [1.82, 2.24) is 9.97 Å². The fraction of sp³-hybridized carbons (Fsp3) is 0.182. The number of carboxylic acids is 1. The van der Waals surface area contributed by atoms with E-state index in [1.165, 1.54) is 7.11 Å². The normalized spacial score (nSPS) is 10.7. The van der Waals surface area contributed by atoms with Crippen molar-refractivity contribution in [3.63, 3.8) is 0 Å². The maximum absolute atomic E-state index is 11.2. The summed E-state index contributed by atoms with van der Waals surface area (Å²) in [4.78, 5) is 19.9. The number of aromatic nitrogens is 2. The van der Waals surface area contributed by atoms with Crippen molar-refractivity contribution >= 4 is 49.2 Å². The zero-order chi connectivity index (χ0) is 14.0. The van der Waals surface area contributed by atoms with E-state index in [-0.39, 0.29) is 11.5 Å². The molecule has 8 heteroatoms. The lowest BCUT2D eigenvalue weighted by atomic mass is 10.3. The number of methoxy groups -OCH3 is 1. The number of pyridine rings is 1. The molecule has 0 spiro atoms. The van der Waals surface area contributed by atoms with E-state index in [1.807, 2.05) is 6.07 Å². The number of halogens is 2. The molecule has 0 aliphatic heterocycles. The van der Waals surface area contributed by atoms with E-state index in [4.69, 9.17) is 9.84 Å². The van der Waals surface area contributed by atoms with Crippen LogP contribution < -0.4 is 0 Å². The molecule has 2 aromatic heterocycles. The van der Waals surface area contributed by atoms with Crippen LogP contribution >= 0.6 is 43.2 Å². The lowest BCUT2D eigenvalue weighted by Gasteiger charge is -1.99. The van der Waals surface area contributed by atoms with Crippen LogP contribution in [-0.2, 0) is 11.3 Å². The van der Waals surface area contributed by atoms with Gasteiger partial charge >= 0.3 is 5.97 Å². The summed E-state index contributed by atoms with van der Waals surface area (Å²) in [6, 6.07) is 1.83. The number of carbonyl (C=O) groups is 1. The first-order valence-corrected chi connectivity index (χ1v) is 7.46. The first-order chi connectivity index (χ1) is 9.02. The zero-order valence-corrected chi connectivity index (χ0v) is 13.7. The molecule has 0 fully saturated rings. The van der Waals surface area contributed by atoms with Crippen molar-refractivity contribution in [3.05, 3.63) is 31.8 Å². The fourth-order valence-corrected chi connectivity index (χ4v) is 3.65. The van der Waals surface area contributed by atoms with E-state index < -0.39 is 5.97 Å². The number of hydrogen-bond donors (Lipinski definition) is 1. The van der Waals surface area contributed by atoms with Gasteiger partial charge in [-0.25, -0.2) is 9.78 Å². The van der Waals surface area contributed by atoms with Crippen LogP contribution in [0.4, 0.5) is 0 Å². The van der Waals surface area contributed by atoms with E-state index in [0.29, 0.717) is 16.4 Å². The van der Waals surface area contributed by atoms with Crippen LogP contribution in [0, 0.1) is 0 Å². The molecule has 5 nitrogen and oxygen atoms in total. The largest absolute Gasteiger partial charge is 0.477 e. The van der Waals surface area contributed by atoms with Gasteiger partial charge in [0.15, 0.2) is 0 Å². The third-order valence-electron chi connectivity index (χ3n) is 2.18. The molecule has 0 radical (unpaired) electrons. The first kappa shape index (κ1) is 14.6. The first-order valence-electron chi connectivity index (χ1n) is 5.06. The Morgan fingerprint density at radius 3 is 2.84 bits per heavy atom. The average molecular weight is 408 g/mol. The summed E-state index contributed by atoms with van der Waals surface area (Å²) in [6.45, 7) is 0.159. The Bertz CT molecular complexity index is 630. The third kappa shape index (κ3) is 3.19. The molecule has 0 aromatic carbocycles. The highest BCUT2D eigenvalue weighted by atomic mass is 79.9. The summed E-state index contributed by atoms with van der Waals surface area (Å²) < 4.78 is 6.53. The van der Waals surface area contributed by atoms with Gasteiger partial charge < -0.3 is 9.84 Å². The molecule has 0 unspecified atom stereocenters. The Balaban J connectivity index is 2.50. The highest BCUT2D eigenvalue weighted by molar-refractivity contribution is 9.11. The highest BCUT2D eigenvalue weighted by Gasteiger charge is 2.20. The Morgan fingerprint density at radius 1 is 1.53 bits per heavy atom. The lowest BCUT2D eigenvalue weighted by molar-refractivity contribution is 0.0697.